The summed E-state index contributed by atoms with van der Waals surface area (Å²) in [6, 6.07) is 3.77. The number of carboxylic acids is 1. The van der Waals surface area contributed by atoms with Crippen LogP contribution in [0.5, 0.6) is 0 Å². The summed E-state index contributed by atoms with van der Waals surface area (Å²) in [5, 5.41) is 8.99. The maximum absolute atomic E-state index is 12.8. The lowest BCUT2D eigenvalue weighted by atomic mass is 10.1. The number of alkyl halides is 3. The van der Waals surface area contributed by atoms with Crippen LogP contribution in [0.25, 0.3) is 0 Å². The number of halogens is 3. The van der Waals surface area contributed by atoms with E-state index in [1.54, 1.807) is 0 Å². The molecule has 0 radical (unpaired) electrons. The molecule has 4 N–H and O–H groups in total. The molecular weight excluding hydrogens is 287 g/mol. The molecular formula is C13H16F3N3O2. The Kier molecular flexibility index (Phi) is 6.32. The van der Waals surface area contributed by atoms with Crippen LogP contribution in [0.1, 0.15) is 24.0 Å². The predicted octanol–water partition coefficient (Wildman–Crippen LogP) is 1.82. The lowest BCUT2D eigenvalue weighted by molar-refractivity contribution is -0.138. The number of hydrogen-bond donors (Lipinski definition) is 3. The fourth-order valence-corrected chi connectivity index (χ4v) is 1.70. The molecule has 0 amide bonds. The molecule has 0 aliphatic carbocycles. The first-order valence-corrected chi connectivity index (χ1v) is 6.22. The van der Waals surface area contributed by atoms with Crippen molar-refractivity contribution >= 4 is 12.2 Å². The molecule has 0 bridgehead atoms. The van der Waals surface area contributed by atoms with Crippen molar-refractivity contribution in [3.05, 3.63) is 35.4 Å². The van der Waals surface area contributed by atoms with E-state index in [9.17, 15) is 18.0 Å². The minimum Gasteiger partial charge on any atom is -0.480 e. The van der Waals surface area contributed by atoms with Crippen LogP contribution in [0.15, 0.2) is 29.3 Å². The number of rotatable bonds is 7. The van der Waals surface area contributed by atoms with Gasteiger partial charge in [-0.1, -0.05) is 18.2 Å². The van der Waals surface area contributed by atoms with Gasteiger partial charge >= 0.3 is 12.1 Å². The van der Waals surface area contributed by atoms with Crippen LogP contribution in [-0.4, -0.2) is 29.9 Å². The number of nitrogens with zero attached hydrogens (tertiary/aromatic N) is 1. The topological polar surface area (TPSA) is 87.7 Å². The van der Waals surface area contributed by atoms with Gasteiger partial charge in [-0.05, 0) is 18.9 Å². The SMILES string of the molecule is NNCCCC(N=Cc1ccccc1C(F)(F)F)C(=O)O. The third-order valence-electron chi connectivity index (χ3n) is 2.74. The number of nitrogens with one attached hydrogen (secondary N) is 1. The second-order valence-corrected chi connectivity index (χ2v) is 4.31. The highest BCUT2D eigenvalue weighted by Gasteiger charge is 2.32. The molecule has 0 fully saturated rings. The van der Waals surface area contributed by atoms with Crippen LogP contribution < -0.4 is 11.3 Å². The fourth-order valence-electron chi connectivity index (χ4n) is 1.70. The fraction of sp³-hybridized carbons (Fsp3) is 0.385. The molecule has 0 spiro atoms. The minimum atomic E-state index is -4.51. The normalized spacial score (nSPS) is 13.5. The quantitative estimate of drug-likeness (QED) is 0.310. The van der Waals surface area contributed by atoms with Gasteiger partial charge in [0.2, 0.25) is 0 Å². The molecule has 0 saturated carbocycles. The van der Waals surface area contributed by atoms with Crippen molar-refractivity contribution in [3.8, 4) is 0 Å². The molecule has 0 aromatic heterocycles. The van der Waals surface area contributed by atoms with Gasteiger partial charge in [0.25, 0.3) is 0 Å². The van der Waals surface area contributed by atoms with Gasteiger partial charge in [0, 0.05) is 18.3 Å². The molecule has 0 saturated heterocycles. The van der Waals surface area contributed by atoms with Crippen LogP contribution in [-0.2, 0) is 11.0 Å². The number of aliphatic carboxylic acids is 1. The van der Waals surface area contributed by atoms with E-state index in [4.69, 9.17) is 10.9 Å². The summed E-state index contributed by atoms with van der Waals surface area (Å²) in [5.74, 6) is 3.88. The third-order valence-corrected chi connectivity index (χ3v) is 2.74. The number of hydrogen-bond acceptors (Lipinski definition) is 4. The molecule has 1 unspecified atom stereocenters. The molecule has 1 rings (SSSR count). The van der Waals surface area contributed by atoms with Crippen molar-refractivity contribution in [3.63, 3.8) is 0 Å². The molecule has 21 heavy (non-hydrogen) atoms. The predicted molar refractivity (Wildman–Crippen MR) is 71.9 cm³/mol. The zero-order valence-electron chi connectivity index (χ0n) is 11.1. The van der Waals surface area contributed by atoms with Crippen molar-refractivity contribution in [2.45, 2.75) is 25.1 Å². The van der Waals surface area contributed by atoms with Crippen LogP contribution >= 0.6 is 0 Å². The summed E-state index contributed by atoms with van der Waals surface area (Å²) in [7, 11) is 0. The number of carboxylic acid groups (broad SMARTS) is 1. The Morgan fingerprint density at radius 3 is 2.67 bits per heavy atom. The van der Waals surface area contributed by atoms with Gasteiger partial charge in [0.15, 0.2) is 0 Å². The summed E-state index contributed by atoms with van der Waals surface area (Å²) in [6.45, 7) is 0.401. The average molecular weight is 303 g/mol. The Morgan fingerprint density at radius 1 is 1.43 bits per heavy atom. The van der Waals surface area contributed by atoms with E-state index in [0.29, 0.717) is 13.0 Å². The number of carbonyl (C=O) groups is 1. The number of hydrazine groups is 1. The molecule has 1 aromatic carbocycles. The molecule has 0 aliphatic heterocycles. The number of aliphatic imine (C=N–C) groups is 1. The first-order chi connectivity index (χ1) is 9.86. The second kappa shape index (κ2) is 7.75. The Bertz CT molecular complexity index is 504. The molecule has 8 heteroatoms. The van der Waals surface area contributed by atoms with Crippen molar-refractivity contribution in [2.75, 3.05) is 6.54 Å². The average Bonchev–Trinajstić information content (AvgIpc) is 2.41. The van der Waals surface area contributed by atoms with Gasteiger partial charge in [-0.3, -0.25) is 16.3 Å². The van der Waals surface area contributed by atoms with Gasteiger partial charge in [0.05, 0.1) is 5.56 Å². The largest absolute Gasteiger partial charge is 0.480 e. The zero-order valence-corrected chi connectivity index (χ0v) is 11.1. The van der Waals surface area contributed by atoms with Gasteiger partial charge in [0.1, 0.15) is 6.04 Å². The maximum Gasteiger partial charge on any atom is 0.417 e. The van der Waals surface area contributed by atoms with Gasteiger partial charge in [-0.25, -0.2) is 4.79 Å². The van der Waals surface area contributed by atoms with E-state index in [1.165, 1.54) is 18.2 Å². The minimum absolute atomic E-state index is 0.159. The third kappa shape index (κ3) is 5.52. The Balaban J connectivity index is 2.89. The van der Waals surface area contributed by atoms with Crippen LogP contribution in [0, 0.1) is 0 Å². The lowest BCUT2D eigenvalue weighted by Crippen LogP contribution is -2.25. The monoisotopic (exact) mass is 303 g/mol. The molecule has 1 aromatic rings. The molecule has 1 atom stereocenters. The highest BCUT2D eigenvalue weighted by Crippen LogP contribution is 2.31. The van der Waals surface area contributed by atoms with Gasteiger partial charge in [-0.2, -0.15) is 13.2 Å². The van der Waals surface area contributed by atoms with E-state index in [0.717, 1.165) is 12.3 Å². The van der Waals surface area contributed by atoms with Crippen molar-refractivity contribution in [2.24, 2.45) is 10.8 Å². The highest BCUT2D eigenvalue weighted by molar-refractivity contribution is 5.85. The second-order valence-electron chi connectivity index (χ2n) is 4.31. The highest BCUT2D eigenvalue weighted by atomic mass is 19.4. The molecule has 0 heterocycles. The van der Waals surface area contributed by atoms with Crippen LogP contribution in [0.3, 0.4) is 0 Å². The summed E-state index contributed by atoms with van der Waals surface area (Å²) in [5.41, 5.74) is 1.37. The summed E-state index contributed by atoms with van der Waals surface area (Å²) in [4.78, 5) is 14.8. The van der Waals surface area contributed by atoms with E-state index in [2.05, 4.69) is 10.4 Å². The van der Waals surface area contributed by atoms with Crippen molar-refractivity contribution < 1.29 is 23.1 Å². The van der Waals surface area contributed by atoms with Crippen LogP contribution in [0.2, 0.25) is 0 Å². The summed E-state index contributed by atoms with van der Waals surface area (Å²) < 4.78 is 38.3. The lowest BCUT2D eigenvalue weighted by Gasteiger charge is -2.10. The van der Waals surface area contributed by atoms with Gasteiger partial charge < -0.3 is 5.11 Å². The molecule has 0 aliphatic rings. The first kappa shape index (κ1) is 17.1. The van der Waals surface area contributed by atoms with E-state index in [-0.39, 0.29) is 12.0 Å². The molecule has 5 nitrogen and oxygen atoms in total. The summed E-state index contributed by atoms with van der Waals surface area (Å²) >= 11 is 0. The Hall–Kier alpha value is -1.93. The zero-order chi connectivity index (χ0) is 15.9. The van der Waals surface area contributed by atoms with Crippen molar-refractivity contribution in [1.29, 1.82) is 0 Å². The van der Waals surface area contributed by atoms with E-state index in [1.807, 2.05) is 0 Å². The van der Waals surface area contributed by atoms with Gasteiger partial charge in [-0.15, -0.1) is 0 Å². The Morgan fingerprint density at radius 2 is 2.10 bits per heavy atom. The summed E-state index contributed by atoms with van der Waals surface area (Å²) in [6.07, 6.45) is -2.92. The number of nitrogens with two attached hydrogens (primary N) is 1. The van der Waals surface area contributed by atoms with Crippen LogP contribution in [0.4, 0.5) is 13.2 Å². The number of benzene rings is 1. The first-order valence-electron chi connectivity index (χ1n) is 6.22. The Labute approximate surface area is 119 Å². The molecule has 116 valence electrons. The smallest absolute Gasteiger partial charge is 0.417 e. The standard InChI is InChI=1S/C13H16F3N3O2/c14-13(15,16)10-5-2-1-4-9(10)8-18-11(12(20)21)6-3-7-19-17/h1-2,4-5,8,11,19H,3,6-7,17H2,(H,20,21). The van der Waals surface area contributed by atoms with E-state index < -0.39 is 23.8 Å². The van der Waals surface area contributed by atoms with Crippen molar-refractivity contribution in [1.82, 2.24) is 5.43 Å². The van der Waals surface area contributed by atoms with E-state index >= 15 is 0 Å². The maximum atomic E-state index is 12.8.